The predicted molar refractivity (Wildman–Crippen MR) is 59.1 cm³/mol. The largest absolute Gasteiger partial charge is 0.396 e. The van der Waals surface area contributed by atoms with Crippen molar-refractivity contribution >= 4 is 0 Å². The third-order valence-corrected chi connectivity index (χ3v) is 3.12. The molecular formula is C11H24N2O. The normalized spacial score (nSPS) is 20.6. The van der Waals surface area contributed by atoms with Gasteiger partial charge in [-0.2, -0.15) is 0 Å². The summed E-state index contributed by atoms with van der Waals surface area (Å²) in [6.45, 7) is 5.09. The molecule has 1 fully saturated rings. The fraction of sp³-hybridized carbons (Fsp3) is 1.00. The van der Waals surface area contributed by atoms with E-state index in [1.54, 1.807) is 0 Å². The van der Waals surface area contributed by atoms with Crippen molar-refractivity contribution in [3.05, 3.63) is 0 Å². The third kappa shape index (κ3) is 3.56. The smallest absolute Gasteiger partial charge is 0.0468 e. The maximum Gasteiger partial charge on any atom is 0.0468 e. The molecule has 0 bridgehead atoms. The Labute approximate surface area is 87.3 Å². The first-order valence-electron chi connectivity index (χ1n) is 5.83. The molecule has 1 saturated carbocycles. The summed E-state index contributed by atoms with van der Waals surface area (Å²) in [7, 11) is 0. The van der Waals surface area contributed by atoms with Crippen LogP contribution < -0.4 is 5.73 Å². The van der Waals surface area contributed by atoms with Crippen molar-refractivity contribution in [1.29, 1.82) is 0 Å². The summed E-state index contributed by atoms with van der Waals surface area (Å²) < 4.78 is 0. The van der Waals surface area contributed by atoms with Crippen LogP contribution in [0.25, 0.3) is 0 Å². The molecule has 14 heavy (non-hydrogen) atoms. The Balaban J connectivity index is 2.36. The van der Waals surface area contributed by atoms with Gasteiger partial charge < -0.3 is 10.8 Å². The second-order valence-electron chi connectivity index (χ2n) is 4.51. The van der Waals surface area contributed by atoms with E-state index in [0.29, 0.717) is 5.92 Å². The Hall–Kier alpha value is -0.120. The Morgan fingerprint density at radius 1 is 1.43 bits per heavy atom. The highest BCUT2D eigenvalue weighted by molar-refractivity contribution is 4.78. The van der Waals surface area contributed by atoms with Crippen molar-refractivity contribution in [3.8, 4) is 0 Å². The van der Waals surface area contributed by atoms with Gasteiger partial charge in [0.2, 0.25) is 0 Å². The van der Waals surface area contributed by atoms with E-state index in [2.05, 4.69) is 11.8 Å². The SMILES string of the molecule is CC(CO)CN(CCN)C1CCCC1. The molecule has 0 amide bonds. The molecule has 1 rings (SSSR count). The number of rotatable bonds is 6. The van der Waals surface area contributed by atoms with Crippen molar-refractivity contribution in [2.45, 2.75) is 38.6 Å². The molecule has 3 heteroatoms. The van der Waals surface area contributed by atoms with Crippen LogP contribution in [0.2, 0.25) is 0 Å². The zero-order valence-corrected chi connectivity index (χ0v) is 9.28. The number of aliphatic hydroxyl groups is 1. The number of hydrogen-bond donors (Lipinski definition) is 2. The molecule has 1 aliphatic carbocycles. The first-order valence-corrected chi connectivity index (χ1v) is 5.83. The summed E-state index contributed by atoms with van der Waals surface area (Å²) in [6.07, 6.45) is 5.36. The van der Waals surface area contributed by atoms with Gasteiger partial charge in [-0.15, -0.1) is 0 Å². The van der Waals surface area contributed by atoms with E-state index >= 15 is 0 Å². The zero-order chi connectivity index (χ0) is 10.4. The Morgan fingerprint density at radius 3 is 2.57 bits per heavy atom. The number of aliphatic hydroxyl groups excluding tert-OH is 1. The molecule has 0 spiro atoms. The molecule has 3 nitrogen and oxygen atoms in total. The lowest BCUT2D eigenvalue weighted by atomic mass is 10.1. The van der Waals surface area contributed by atoms with E-state index in [-0.39, 0.29) is 6.61 Å². The van der Waals surface area contributed by atoms with Crippen molar-refractivity contribution in [3.63, 3.8) is 0 Å². The van der Waals surface area contributed by atoms with Crippen LogP contribution in [0.5, 0.6) is 0 Å². The van der Waals surface area contributed by atoms with E-state index in [9.17, 15) is 0 Å². The lowest BCUT2D eigenvalue weighted by Gasteiger charge is -2.30. The summed E-state index contributed by atoms with van der Waals surface area (Å²) >= 11 is 0. The first-order chi connectivity index (χ1) is 6.77. The molecular weight excluding hydrogens is 176 g/mol. The molecule has 0 saturated heterocycles. The van der Waals surface area contributed by atoms with E-state index < -0.39 is 0 Å². The molecule has 1 aliphatic rings. The molecule has 1 unspecified atom stereocenters. The summed E-state index contributed by atoms with van der Waals surface area (Å²) in [6, 6.07) is 0.729. The lowest BCUT2D eigenvalue weighted by molar-refractivity contribution is 0.140. The van der Waals surface area contributed by atoms with Crippen LogP contribution in [0.1, 0.15) is 32.6 Å². The number of hydrogen-bond acceptors (Lipinski definition) is 3. The molecule has 0 aromatic rings. The second kappa shape index (κ2) is 6.38. The quantitative estimate of drug-likeness (QED) is 0.667. The molecule has 1 atom stereocenters. The van der Waals surface area contributed by atoms with Crippen LogP contribution in [-0.2, 0) is 0 Å². The Kier molecular flexibility index (Phi) is 5.45. The van der Waals surface area contributed by atoms with Crippen LogP contribution in [0, 0.1) is 5.92 Å². The van der Waals surface area contributed by atoms with Crippen LogP contribution in [0.4, 0.5) is 0 Å². The minimum atomic E-state index is 0.286. The average Bonchev–Trinajstić information content (AvgIpc) is 2.69. The highest BCUT2D eigenvalue weighted by atomic mass is 16.3. The van der Waals surface area contributed by atoms with Gasteiger partial charge in [0.1, 0.15) is 0 Å². The fourth-order valence-electron chi connectivity index (χ4n) is 2.32. The third-order valence-electron chi connectivity index (χ3n) is 3.12. The van der Waals surface area contributed by atoms with Gasteiger partial charge in [-0.3, -0.25) is 4.90 Å². The van der Waals surface area contributed by atoms with Crippen LogP contribution >= 0.6 is 0 Å². The average molecular weight is 200 g/mol. The van der Waals surface area contributed by atoms with Gasteiger partial charge in [0.05, 0.1) is 0 Å². The highest BCUT2D eigenvalue weighted by Gasteiger charge is 2.22. The standard InChI is InChI=1S/C11H24N2O/c1-10(9-14)8-13(7-6-12)11-4-2-3-5-11/h10-11,14H,2-9,12H2,1H3. The van der Waals surface area contributed by atoms with E-state index in [1.165, 1.54) is 25.7 Å². The van der Waals surface area contributed by atoms with Crippen molar-refractivity contribution in [2.75, 3.05) is 26.2 Å². The first kappa shape index (κ1) is 12.0. The van der Waals surface area contributed by atoms with Crippen molar-refractivity contribution in [1.82, 2.24) is 4.90 Å². The minimum Gasteiger partial charge on any atom is -0.396 e. The van der Waals surface area contributed by atoms with Crippen LogP contribution in [0.15, 0.2) is 0 Å². The van der Waals surface area contributed by atoms with E-state index in [1.807, 2.05) is 0 Å². The minimum absolute atomic E-state index is 0.286. The lowest BCUT2D eigenvalue weighted by Crippen LogP contribution is -2.40. The molecule has 84 valence electrons. The number of nitrogens with zero attached hydrogens (tertiary/aromatic N) is 1. The molecule has 0 radical (unpaired) electrons. The van der Waals surface area contributed by atoms with Crippen LogP contribution in [0.3, 0.4) is 0 Å². The van der Waals surface area contributed by atoms with E-state index in [4.69, 9.17) is 10.8 Å². The number of nitrogens with two attached hydrogens (primary N) is 1. The second-order valence-corrected chi connectivity index (χ2v) is 4.51. The van der Waals surface area contributed by atoms with Gasteiger partial charge in [0.25, 0.3) is 0 Å². The Morgan fingerprint density at radius 2 is 2.07 bits per heavy atom. The predicted octanol–water partition coefficient (Wildman–Crippen LogP) is 0.818. The fourth-order valence-corrected chi connectivity index (χ4v) is 2.32. The zero-order valence-electron chi connectivity index (χ0n) is 9.28. The summed E-state index contributed by atoms with van der Waals surface area (Å²) in [5.41, 5.74) is 5.61. The van der Waals surface area contributed by atoms with Gasteiger partial charge in [0, 0.05) is 32.3 Å². The maximum absolute atomic E-state index is 9.04. The monoisotopic (exact) mass is 200 g/mol. The molecule has 0 aromatic carbocycles. The van der Waals surface area contributed by atoms with Crippen molar-refractivity contribution in [2.24, 2.45) is 11.7 Å². The Bertz CT molecular complexity index is 146. The van der Waals surface area contributed by atoms with E-state index in [0.717, 1.165) is 25.7 Å². The molecule has 0 heterocycles. The summed E-state index contributed by atoms with van der Waals surface area (Å²) in [5, 5.41) is 9.04. The van der Waals surface area contributed by atoms with Gasteiger partial charge in [-0.25, -0.2) is 0 Å². The van der Waals surface area contributed by atoms with Gasteiger partial charge in [-0.05, 0) is 18.8 Å². The maximum atomic E-state index is 9.04. The van der Waals surface area contributed by atoms with Gasteiger partial charge >= 0.3 is 0 Å². The molecule has 3 N–H and O–H groups in total. The van der Waals surface area contributed by atoms with Gasteiger partial charge in [-0.1, -0.05) is 19.8 Å². The van der Waals surface area contributed by atoms with Gasteiger partial charge in [0.15, 0.2) is 0 Å². The molecule has 0 aromatic heterocycles. The van der Waals surface area contributed by atoms with Crippen LogP contribution in [-0.4, -0.2) is 42.3 Å². The summed E-state index contributed by atoms with van der Waals surface area (Å²) in [5.74, 6) is 0.377. The topological polar surface area (TPSA) is 49.5 Å². The highest BCUT2D eigenvalue weighted by Crippen LogP contribution is 2.23. The summed E-state index contributed by atoms with van der Waals surface area (Å²) in [4.78, 5) is 2.47. The molecule has 0 aliphatic heterocycles. The van der Waals surface area contributed by atoms with Crippen molar-refractivity contribution < 1.29 is 5.11 Å².